The largest absolute Gasteiger partial charge is 0.481 e. The van der Waals surface area contributed by atoms with E-state index in [0.29, 0.717) is 0 Å². The van der Waals surface area contributed by atoms with E-state index in [4.69, 9.17) is 15.3 Å². The van der Waals surface area contributed by atoms with Crippen molar-refractivity contribution < 1.29 is 29.7 Å². The van der Waals surface area contributed by atoms with E-state index in [1.54, 1.807) is 0 Å². The van der Waals surface area contributed by atoms with Crippen LogP contribution in [-0.2, 0) is 14.4 Å². The molecular weight excluding hydrogens is 206 g/mol. The fourth-order valence-corrected chi connectivity index (χ4v) is 0.979. The van der Waals surface area contributed by atoms with Gasteiger partial charge >= 0.3 is 17.9 Å². The number of nitrogens with zero attached hydrogens (tertiary/aromatic N) is 1. The molecule has 0 aromatic carbocycles. The van der Waals surface area contributed by atoms with Crippen LogP contribution in [0.2, 0.25) is 0 Å². The van der Waals surface area contributed by atoms with Crippen LogP contribution in [0.3, 0.4) is 0 Å². The molecule has 1 atom stereocenters. The van der Waals surface area contributed by atoms with Crippen molar-refractivity contribution in [2.75, 3.05) is 13.1 Å². The first-order valence-corrected chi connectivity index (χ1v) is 4.25. The highest BCUT2D eigenvalue weighted by molar-refractivity contribution is 5.75. The second-order valence-electron chi connectivity index (χ2n) is 3.02. The molecule has 0 amide bonds. The summed E-state index contributed by atoms with van der Waals surface area (Å²) < 4.78 is 0. The number of aliphatic carboxylic acids is 3. The average molecular weight is 219 g/mol. The van der Waals surface area contributed by atoms with Gasteiger partial charge in [0, 0.05) is 6.54 Å². The van der Waals surface area contributed by atoms with Gasteiger partial charge in [0.25, 0.3) is 0 Å². The second kappa shape index (κ2) is 5.97. The minimum absolute atomic E-state index is 0.102. The summed E-state index contributed by atoms with van der Waals surface area (Å²) in [4.78, 5) is 32.3. The van der Waals surface area contributed by atoms with Crippen molar-refractivity contribution in [3.8, 4) is 0 Å². The molecule has 15 heavy (non-hydrogen) atoms. The van der Waals surface area contributed by atoms with Crippen molar-refractivity contribution >= 4 is 17.9 Å². The van der Waals surface area contributed by atoms with Crippen LogP contribution < -0.4 is 0 Å². The number of hydrogen-bond donors (Lipinski definition) is 3. The molecule has 0 radical (unpaired) electrons. The molecule has 0 heterocycles. The minimum atomic E-state index is -1.19. The fourth-order valence-electron chi connectivity index (χ4n) is 0.979. The molecule has 0 aliphatic heterocycles. The maximum atomic E-state index is 10.6. The zero-order valence-electron chi connectivity index (χ0n) is 8.21. The Morgan fingerprint density at radius 1 is 1.13 bits per heavy atom. The number of carbonyl (C=O) groups is 3. The van der Waals surface area contributed by atoms with Crippen LogP contribution in [0.1, 0.15) is 13.3 Å². The summed E-state index contributed by atoms with van der Waals surface area (Å²) in [7, 11) is 0. The van der Waals surface area contributed by atoms with Gasteiger partial charge in [-0.25, -0.2) is 0 Å². The van der Waals surface area contributed by atoms with E-state index in [9.17, 15) is 14.4 Å². The highest BCUT2D eigenvalue weighted by Gasteiger charge is 2.22. The molecule has 1 unspecified atom stereocenters. The Balaban J connectivity index is 4.36. The van der Waals surface area contributed by atoms with Gasteiger partial charge in [0.05, 0.1) is 13.0 Å². The normalized spacial score (nSPS) is 12.4. The van der Waals surface area contributed by atoms with E-state index in [-0.39, 0.29) is 13.0 Å². The van der Waals surface area contributed by atoms with Crippen LogP contribution in [0.25, 0.3) is 0 Å². The molecule has 7 nitrogen and oxygen atoms in total. The van der Waals surface area contributed by atoms with Crippen molar-refractivity contribution in [1.82, 2.24) is 4.90 Å². The van der Waals surface area contributed by atoms with Gasteiger partial charge in [-0.3, -0.25) is 19.3 Å². The highest BCUT2D eigenvalue weighted by atomic mass is 16.4. The van der Waals surface area contributed by atoms with E-state index in [0.717, 1.165) is 4.90 Å². The first-order chi connectivity index (χ1) is 6.84. The van der Waals surface area contributed by atoms with Crippen molar-refractivity contribution in [2.45, 2.75) is 19.4 Å². The Kier molecular flexibility index (Phi) is 5.32. The van der Waals surface area contributed by atoms with Gasteiger partial charge in [-0.2, -0.15) is 0 Å². The summed E-state index contributed by atoms with van der Waals surface area (Å²) in [5.74, 6) is -3.46. The van der Waals surface area contributed by atoms with Crippen molar-refractivity contribution in [2.24, 2.45) is 0 Å². The highest BCUT2D eigenvalue weighted by Crippen LogP contribution is 2.00. The van der Waals surface area contributed by atoms with Crippen LogP contribution in [0.5, 0.6) is 0 Å². The predicted octanol–water partition coefficient (Wildman–Crippen LogP) is -0.679. The quantitative estimate of drug-likeness (QED) is 0.519. The Labute approximate surface area is 85.9 Å². The molecule has 0 aromatic heterocycles. The van der Waals surface area contributed by atoms with Crippen LogP contribution in [0.4, 0.5) is 0 Å². The monoisotopic (exact) mass is 219 g/mol. The van der Waals surface area contributed by atoms with Gasteiger partial charge in [-0.05, 0) is 6.92 Å². The Morgan fingerprint density at radius 2 is 1.67 bits per heavy atom. The molecule has 0 saturated heterocycles. The van der Waals surface area contributed by atoms with Crippen LogP contribution in [-0.4, -0.2) is 57.3 Å². The summed E-state index contributed by atoms with van der Waals surface area (Å²) in [6.45, 7) is 0.725. The molecule has 0 bridgehead atoms. The standard InChI is InChI=1S/C8H13NO6/c1-5(8(14)15)9(4-7(12)13)3-2-6(10)11/h5H,2-4H2,1H3,(H,10,11)(H,12,13)(H,14,15). The zero-order chi connectivity index (χ0) is 12.0. The van der Waals surface area contributed by atoms with Crippen molar-refractivity contribution in [3.63, 3.8) is 0 Å². The Morgan fingerprint density at radius 3 is 2.00 bits per heavy atom. The van der Waals surface area contributed by atoms with Gasteiger partial charge in [0.2, 0.25) is 0 Å². The molecule has 0 saturated carbocycles. The lowest BCUT2D eigenvalue weighted by atomic mass is 10.2. The minimum Gasteiger partial charge on any atom is -0.481 e. The molecular formula is C8H13NO6. The van der Waals surface area contributed by atoms with E-state index in [1.165, 1.54) is 6.92 Å². The molecule has 0 aliphatic carbocycles. The van der Waals surface area contributed by atoms with Crippen LogP contribution >= 0.6 is 0 Å². The molecule has 7 heteroatoms. The van der Waals surface area contributed by atoms with Gasteiger partial charge in [-0.1, -0.05) is 0 Å². The van der Waals surface area contributed by atoms with Crippen molar-refractivity contribution in [1.29, 1.82) is 0 Å². The maximum Gasteiger partial charge on any atom is 0.320 e. The smallest absolute Gasteiger partial charge is 0.320 e. The SMILES string of the molecule is CC(C(=O)O)N(CCC(=O)O)CC(=O)O. The molecule has 0 aromatic rings. The van der Waals surface area contributed by atoms with Gasteiger partial charge < -0.3 is 15.3 Å². The van der Waals surface area contributed by atoms with Crippen molar-refractivity contribution in [3.05, 3.63) is 0 Å². The second-order valence-corrected chi connectivity index (χ2v) is 3.02. The molecule has 0 aliphatic rings. The predicted molar refractivity (Wildman–Crippen MR) is 48.6 cm³/mol. The van der Waals surface area contributed by atoms with Crippen LogP contribution in [0.15, 0.2) is 0 Å². The third-order valence-electron chi connectivity index (χ3n) is 1.86. The maximum absolute atomic E-state index is 10.6. The lowest BCUT2D eigenvalue weighted by Crippen LogP contribution is -2.43. The van der Waals surface area contributed by atoms with Crippen LogP contribution in [0, 0.1) is 0 Å². The first-order valence-electron chi connectivity index (χ1n) is 4.25. The van der Waals surface area contributed by atoms with Gasteiger partial charge in [0.1, 0.15) is 6.04 Å². The lowest BCUT2D eigenvalue weighted by Gasteiger charge is -2.23. The van der Waals surface area contributed by atoms with Gasteiger partial charge in [0.15, 0.2) is 0 Å². The summed E-state index contributed by atoms with van der Waals surface area (Å²) in [6.07, 6.45) is -0.287. The summed E-state index contributed by atoms with van der Waals surface area (Å²) >= 11 is 0. The Bertz CT molecular complexity index is 264. The third kappa shape index (κ3) is 5.63. The zero-order valence-corrected chi connectivity index (χ0v) is 8.21. The summed E-state index contributed by atoms with van der Waals surface area (Å²) in [6, 6.07) is -1.01. The van der Waals surface area contributed by atoms with E-state index in [1.807, 2.05) is 0 Å². The number of hydrogen-bond acceptors (Lipinski definition) is 4. The molecule has 86 valence electrons. The molecule has 0 rings (SSSR count). The Hall–Kier alpha value is -1.63. The molecule has 0 fully saturated rings. The average Bonchev–Trinajstić information content (AvgIpc) is 2.10. The third-order valence-corrected chi connectivity index (χ3v) is 1.86. The van der Waals surface area contributed by atoms with E-state index < -0.39 is 30.5 Å². The topological polar surface area (TPSA) is 115 Å². The molecule has 3 N–H and O–H groups in total. The number of rotatable bonds is 7. The fraction of sp³-hybridized carbons (Fsp3) is 0.625. The van der Waals surface area contributed by atoms with E-state index >= 15 is 0 Å². The van der Waals surface area contributed by atoms with Gasteiger partial charge in [-0.15, -0.1) is 0 Å². The first kappa shape index (κ1) is 13.4. The molecule has 0 spiro atoms. The summed E-state index contributed by atoms with van der Waals surface area (Å²) in [5, 5.41) is 25.5. The lowest BCUT2D eigenvalue weighted by molar-refractivity contribution is -0.147. The number of carboxylic acids is 3. The van der Waals surface area contributed by atoms with E-state index in [2.05, 4.69) is 0 Å². The number of carboxylic acid groups (broad SMARTS) is 3. The summed E-state index contributed by atoms with van der Waals surface area (Å²) in [5.41, 5.74) is 0.